The van der Waals surface area contributed by atoms with Crippen molar-refractivity contribution in [3.63, 3.8) is 0 Å². The molecule has 2 rings (SSSR count). The molecule has 0 aliphatic heterocycles. The molecular weight excluding hydrogens is 264 g/mol. The number of hydrogen-bond acceptors (Lipinski definition) is 3. The van der Waals surface area contributed by atoms with Gasteiger partial charge in [-0.3, -0.25) is 5.43 Å². The standard InChI is InChI=1S/C17H16N2O2/c1-13(11-14-5-3-2-4-6-14)12-18-19-16-9-7-15(8-10-16)17(20)21/h2-12,19H,1H3,(H,20,21)/b13-11-,18-12+. The van der Waals surface area contributed by atoms with E-state index in [9.17, 15) is 4.79 Å². The Morgan fingerprint density at radius 1 is 1.10 bits per heavy atom. The average Bonchev–Trinajstić information content (AvgIpc) is 2.49. The molecule has 0 saturated heterocycles. The van der Waals surface area contributed by atoms with Crippen LogP contribution in [0.2, 0.25) is 0 Å². The van der Waals surface area contributed by atoms with Crippen molar-refractivity contribution in [3.8, 4) is 0 Å². The van der Waals surface area contributed by atoms with Crippen molar-refractivity contribution in [2.24, 2.45) is 5.10 Å². The van der Waals surface area contributed by atoms with E-state index in [1.807, 2.05) is 43.3 Å². The van der Waals surface area contributed by atoms with Crippen molar-refractivity contribution in [3.05, 3.63) is 71.3 Å². The van der Waals surface area contributed by atoms with E-state index in [1.165, 1.54) is 12.1 Å². The second kappa shape index (κ2) is 7.05. The molecule has 0 saturated carbocycles. The highest BCUT2D eigenvalue weighted by Gasteiger charge is 2.00. The summed E-state index contributed by atoms with van der Waals surface area (Å²) in [5, 5.41) is 12.9. The number of carboxylic acids is 1. The Hall–Kier alpha value is -2.88. The van der Waals surface area contributed by atoms with Crippen LogP contribution in [-0.2, 0) is 0 Å². The number of rotatable bonds is 5. The summed E-state index contributed by atoms with van der Waals surface area (Å²) >= 11 is 0. The molecular formula is C17H16N2O2. The Morgan fingerprint density at radius 2 is 1.76 bits per heavy atom. The Kier molecular flexibility index (Phi) is 4.88. The number of hydrazone groups is 1. The van der Waals surface area contributed by atoms with Gasteiger partial charge in [0.1, 0.15) is 0 Å². The fourth-order valence-corrected chi connectivity index (χ4v) is 1.75. The van der Waals surface area contributed by atoms with Gasteiger partial charge in [-0.2, -0.15) is 5.10 Å². The third-order valence-corrected chi connectivity index (χ3v) is 2.79. The number of hydrogen-bond donors (Lipinski definition) is 2. The number of nitrogens with one attached hydrogen (secondary N) is 1. The molecule has 0 aliphatic rings. The Bertz CT molecular complexity index is 659. The Balaban J connectivity index is 1.95. The number of anilines is 1. The van der Waals surface area contributed by atoms with E-state index in [2.05, 4.69) is 10.5 Å². The summed E-state index contributed by atoms with van der Waals surface area (Å²) in [6.07, 6.45) is 3.75. The van der Waals surface area contributed by atoms with Crippen LogP contribution in [0.1, 0.15) is 22.8 Å². The van der Waals surface area contributed by atoms with Gasteiger partial charge in [-0.15, -0.1) is 0 Å². The van der Waals surface area contributed by atoms with Gasteiger partial charge >= 0.3 is 5.97 Å². The lowest BCUT2D eigenvalue weighted by Gasteiger charge is -2.00. The zero-order valence-electron chi connectivity index (χ0n) is 11.7. The fraction of sp³-hybridized carbons (Fsp3) is 0.0588. The number of allylic oxidation sites excluding steroid dienone is 1. The van der Waals surface area contributed by atoms with Gasteiger partial charge in [0.05, 0.1) is 17.5 Å². The average molecular weight is 280 g/mol. The first-order valence-electron chi connectivity index (χ1n) is 6.51. The zero-order chi connectivity index (χ0) is 15.1. The van der Waals surface area contributed by atoms with E-state index in [-0.39, 0.29) is 5.56 Å². The number of nitrogens with zero attached hydrogens (tertiary/aromatic N) is 1. The second-order valence-corrected chi connectivity index (χ2v) is 4.55. The summed E-state index contributed by atoms with van der Waals surface area (Å²) < 4.78 is 0. The van der Waals surface area contributed by atoms with Gasteiger partial charge in [-0.05, 0) is 42.3 Å². The smallest absolute Gasteiger partial charge is 0.335 e. The predicted molar refractivity (Wildman–Crippen MR) is 85.6 cm³/mol. The summed E-state index contributed by atoms with van der Waals surface area (Å²) in [6.45, 7) is 1.96. The van der Waals surface area contributed by atoms with Crippen LogP contribution < -0.4 is 5.43 Å². The van der Waals surface area contributed by atoms with Crippen LogP contribution >= 0.6 is 0 Å². The van der Waals surface area contributed by atoms with Crippen LogP contribution in [0.5, 0.6) is 0 Å². The van der Waals surface area contributed by atoms with E-state index in [0.717, 1.165) is 16.8 Å². The van der Waals surface area contributed by atoms with Crippen molar-refractivity contribution < 1.29 is 9.90 Å². The van der Waals surface area contributed by atoms with Crippen molar-refractivity contribution in [1.29, 1.82) is 0 Å². The zero-order valence-corrected chi connectivity index (χ0v) is 11.7. The molecule has 2 N–H and O–H groups in total. The van der Waals surface area contributed by atoms with Crippen LogP contribution in [0.4, 0.5) is 5.69 Å². The summed E-state index contributed by atoms with van der Waals surface area (Å²) in [5.74, 6) is -0.938. The maximum Gasteiger partial charge on any atom is 0.335 e. The molecule has 0 radical (unpaired) electrons. The topological polar surface area (TPSA) is 61.7 Å². The first-order valence-corrected chi connectivity index (χ1v) is 6.51. The summed E-state index contributed by atoms with van der Waals surface area (Å²) in [6, 6.07) is 16.4. The van der Waals surface area contributed by atoms with Crippen molar-refractivity contribution in [1.82, 2.24) is 0 Å². The number of benzene rings is 2. The Morgan fingerprint density at radius 3 is 2.38 bits per heavy atom. The predicted octanol–water partition coefficient (Wildman–Crippen LogP) is 3.89. The van der Waals surface area contributed by atoms with Crippen LogP contribution in [0.15, 0.2) is 65.3 Å². The van der Waals surface area contributed by atoms with Crippen molar-refractivity contribution in [2.75, 3.05) is 5.43 Å². The van der Waals surface area contributed by atoms with Gasteiger partial charge in [0, 0.05) is 0 Å². The van der Waals surface area contributed by atoms with E-state index in [1.54, 1.807) is 18.3 Å². The van der Waals surface area contributed by atoms with Crippen LogP contribution in [0.3, 0.4) is 0 Å². The lowest BCUT2D eigenvalue weighted by Crippen LogP contribution is -1.96. The molecule has 0 heterocycles. The van der Waals surface area contributed by atoms with E-state index >= 15 is 0 Å². The van der Waals surface area contributed by atoms with E-state index < -0.39 is 5.97 Å². The van der Waals surface area contributed by atoms with Crippen LogP contribution in [-0.4, -0.2) is 17.3 Å². The van der Waals surface area contributed by atoms with Gasteiger partial charge in [0.15, 0.2) is 0 Å². The SMILES string of the molecule is CC(=C/c1ccccc1)/C=N/Nc1ccc(C(=O)O)cc1. The number of carboxylic acid groups (broad SMARTS) is 1. The summed E-state index contributed by atoms with van der Waals surface area (Å²) in [7, 11) is 0. The molecule has 0 fully saturated rings. The van der Waals surface area contributed by atoms with E-state index in [4.69, 9.17) is 5.11 Å². The fourth-order valence-electron chi connectivity index (χ4n) is 1.75. The molecule has 4 heteroatoms. The molecule has 106 valence electrons. The molecule has 0 spiro atoms. The third-order valence-electron chi connectivity index (χ3n) is 2.79. The minimum Gasteiger partial charge on any atom is -0.478 e. The van der Waals surface area contributed by atoms with Crippen molar-refractivity contribution in [2.45, 2.75) is 6.92 Å². The normalized spacial score (nSPS) is 11.6. The largest absolute Gasteiger partial charge is 0.478 e. The highest BCUT2D eigenvalue weighted by atomic mass is 16.4. The highest BCUT2D eigenvalue weighted by Crippen LogP contribution is 2.09. The minimum absolute atomic E-state index is 0.254. The monoisotopic (exact) mass is 280 g/mol. The number of aromatic carboxylic acids is 1. The van der Waals surface area contributed by atoms with Gasteiger partial charge in [-0.1, -0.05) is 36.4 Å². The maximum atomic E-state index is 10.7. The minimum atomic E-state index is -0.938. The quantitative estimate of drug-likeness (QED) is 0.645. The first kappa shape index (κ1) is 14.5. The summed E-state index contributed by atoms with van der Waals surface area (Å²) in [5.41, 5.74) is 5.98. The molecule has 0 aliphatic carbocycles. The van der Waals surface area contributed by atoms with Gasteiger partial charge < -0.3 is 5.11 Å². The van der Waals surface area contributed by atoms with E-state index in [0.29, 0.717) is 0 Å². The molecule has 0 bridgehead atoms. The molecule has 2 aromatic carbocycles. The third kappa shape index (κ3) is 4.62. The van der Waals surface area contributed by atoms with Gasteiger partial charge in [0.25, 0.3) is 0 Å². The van der Waals surface area contributed by atoms with Gasteiger partial charge in [-0.25, -0.2) is 4.79 Å². The first-order chi connectivity index (χ1) is 10.1. The second-order valence-electron chi connectivity index (χ2n) is 4.55. The molecule has 4 nitrogen and oxygen atoms in total. The lowest BCUT2D eigenvalue weighted by atomic mass is 10.1. The van der Waals surface area contributed by atoms with Crippen LogP contribution in [0.25, 0.3) is 6.08 Å². The van der Waals surface area contributed by atoms with Gasteiger partial charge in [0.2, 0.25) is 0 Å². The molecule has 0 atom stereocenters. The highest BCUT2D eigenvalue weighted by molar-refractivity contribution is 5.88. The molecule has 0 aromatic heterocycles. The lowest BCUT2D eigenvalue weighted by molar-refractivity contribution is 0.0697. The molecule has 0 amide bonds. The molecule has 2 aromatic rings. The molecule has 21 heavy (non-hydrogen) atoms. The molecule has 0 unspecified atom stereocenters. The number of carbonyl (C=O) groups is 1. The van der Waals surface area contributed by atoms with Crippen LogP contribution in [0, 0.1) is 0 Å². The maximum absolute atomic E-state index is 10.7. The summed E-state index contributed by atoms with van der Waals surface area (Å²) in [4.78, 5) is 10.7. The Labute approximate surface area is 123 Å². The van der Waals surface area contributed by atoms with Crippen molar-refractivity contribution >= 4 is 23.9 Å².